The maximum absolute atomic E-state index is 13.1. The summed E-state index contributed by atoms with van der Waals surface area (Å²) in [6.45, 7) is 6.52. The molecule has 0 aliphatic carbocycles. The molecule has 3 atom stereocenters. The van der Waals surface area contributed by atoms with E-state index in [1.165, 1.54) is 6.20 Å². The van der Waals surface area contributed by atoms with Gasteiger partial charge in [0.2, 0.25) is 0 Å². The molecule has 1 amide bonds. The number of esters is 3. The lowest BCUT2D eigenvalue weighted by Crippen LogP contribution is -2.46. The first kappa shape index (κ1) is 26.6. The zero-order valence-electron chi connectivity index (χ0n) is 20.4. The Balaban J connectivity index is 1.73. The molecular formula is C27H30N2O7. The predicted octanol–water partition coefficient (Wildman–Crippen LogP) is 3.10. The molecule has 0 radical (unpaired) electrons. The maximum atomic E-state index is 13.1. The topological polar surface area (TPSA) is 121 Å². The van der Waals surface area contributed by atoms with Gasteiger partial charge < -0.3 is 19.5 Å². The van der Waals surface area contributed by atoms with E-state index in [1.54, 1.807) is 26.0 Å². The zero-order valence-corrected chi connectivity index (χ0v) is 20.4. The molecule has 1 N–H and O–H groups in total. The second-order valence-electron chi connectivity index (χ2n) is 8.63. The van der Waals surface area contributed by atoms with E-state index < -0.39 is 48.5 Å². The number of hydrogen-bond donors (Lipinski definition) is 1. The Morgan fingerprint density at radius 3 is 2.67 bits per heavy atom. The summed E-state index contributed by atoms with van der Waals surface area (Å²) in [5.41, 5.74) is 1.31. The number of carbonyl (C=O) groups is 4. The van der Waals surface area contributed by atoms with Gasteiger partial charge >= 0.3 is 17.9 Å². The minimum atomic E-state index is -1.26. The molecule has 0 saturated carbocycles. The number of rotatable bonds is 8. The molecule has 9 heteroatoms. The number of ether oxygens (including phenoxy) is 3. The number of aryl methyl sites for hydroxylation is 1. The second kappa shape index (κ2) is 12.6. The fourth-order valence-corrected chi connectivity index (χ4v) is 3.79. The molecule has 9 nitrogen and oxygen atoms in total. The van der Waals surface area contributed by atoms with Crippen LogP contribution < -0.4 is 10.1 Å². The molecule has 1 unspecified atom stereocenters. The lowest BCUT2D eigenvalue weighted by atomic mass is 9.94. The number of hydrogen-bond acceptors (Lipinski definition) is 8. The maximum Gasteiger partial charge on any atom is 0.332 e. The summed E-state index contributed by atoms with van der Waals surface area (Å²) in [6.07, 6.45) is 3.63. The fraction of sp³-hybridized carbons (Fsp3) is 0.370. The summed E-state index contributed by atoms with van der Waals surface area (Å²) in [6, 6.07) is 9.82. The van der Waals surface area contributed by atoms with Gasteiger partial charge in [-0.05, 0) is 50.3 Å². The second-order valence-corrected chi connectivity index (χ2v) is 8.63. The summed E-state index contributed by atoms with van der Waals surface area (Å²) in [7, 11) is 0. The first-order valence-corrected chi connectivity index (χ1v) is 11.8. The van der Waals surface area contributed by atoms with Crippen molar-refractivity contribution in [2.45, 2.75) is 51.7 Å². The minimum Gasteiger partial charge on any atom is -0.463 e. The standard InChI is InChI=1S/C27H30N2O7/c1-4-5-11-22(30)36-24-17(2)12-13-28-23(24)25(31)29-21-16-34-26(32)20(14-18(3)35-27(21)33)15-19-9-7-6-8-10-19/h4,6-10,12-13,18,20-21H,1,5,11,14-16H2,2-3H3,(H,29,31)/t18-,20?,21-/m0/s1. The summed E-state index contributed by atoms with van der Waals surface area (Å²) in [4.78, 5) is 54.8. The molecule has 0 spiro atoms. The van der Waals surface area contributed by atoms with Gasteiger partial charge in [-0.2, -0.15) is 0 Å². The number of benzene rings is 1. The number of aromatic nitrogens is 1. The Labute approximate surface area is 209 Å². The third-order valence-corrected chi connectivity index (χ3v) is 5.66. The van der Waals surface area contributed by atoms with Gasteiger partial charge in [0.25, 0.3) is 5.91 Å². The molecule has 1 saturated heterocycles. The van der Waals surface area contributed by atoms with E-state index in [2.05, 4.69) is 16.9 Å². The van der Waals surface area contributed by atoms with Crippen molar-refractivity contribution < 1.29 is 33.4 Å². The Morgan fingerprint density at radius 2 is 1.94 bits per heavy atom. The van der Waals surface area contributed by atoms with Crippen LogP contribution in [0.5, 0.6) is 5.75 Å². The number of carbonyl (C=O) groups excluding carboxylic acids is 4. The number of nitrogens with one attached hydrogen (secondary N) is 1. The van der Waals surface area contributed by atoms with E-state index in [1.807, 2.05) is 30.3 Å². The molecule has 1 aliphatic rings. The molecule has 1 fully saturated rings. The van der Waals surface area contributed by atoms with Crippen LogP contribution in [0, 0.1) is 12.8 Å². The quantitative estimate of drug-likeness (QED) is 0.439. The van der Waals surface area contributed by atoms with Crippen LogP contribution in [0.4, 0.5) is 0 Å². The lowest BCUT2D eigenvalue weighted by Gasteiger charge is -2.19. The summed E-state index contributed by atoms with van der Waals surface area (Å²) < 4.78 is 16.3. The van der Waals surface area contributed by atoms with Crippen molar-refractivity contribution in [2.24, 2.45) is 5.92 Å². The third-order valence-electron chi connectivity index (χ3n) is 5.66. The van der Waals surface area contributed by atoms with E-state index in [0.717, 1.165) is 5.56 Å². The van der Waals surface area contributed by atoms with E-state index in [4.69, 9.17) is 14.2 Å². The highest BCUT2D eigenvalue weighted by Gasteiger charge is 2.33. The zero-order chi connectivity index (χ0) is 26.1. The van der Waals surface area contributed by atoms with Crippen molar-refractivity contribution >= 4 is 23.8 Å². The molecule has 1 aliphatic heterocycles. The van der Waals surface area contributed by atoms with Crippen LogP contribution in [0.15, 0.2) is 55.3 Å². The average Bonchev–Trinajstić information content (AvgIpc) is 2.89. The smallest absolute Gasteiger partial charge is 0.332 e. The Morgan fingerprint density at radius 1 is 1.19 bits per heavy atom. The monoisotopic (exact) mass is 494 g/mol. The molecule has 1 aromatic carbocycles. The molecule has 36 heavy (non-hydrogen) atoms. The van der Waals surface area contributed by atoms with Gasteiger partial charge in [0.15, 0.2) is 17.5 Å². The van der Waals surface area contributed by atoms with Gasteiger partial charge in [0, 0.05) is 12.6 Å². The Kier molecular flexibility index (Phi) is 9.32. The van der Waals surface area contributed by atoms with Crippen LogP contribution in [0.3, 0.4) is 0 Å². The van der Waals surface area contributed by atoms with Gasteiger partial charge in [0.1, 0.15) is 6.61 Å². The van der Waals surface area contributed by atoms with Gasteiger partial charge in [-0.1, -0.05) is 36.4 Å². The van der Waals surface area contributed by atoms with Gasteiger partial charge in [-0.3, -0.25) is 14.4 Å². The highest BCUT2D eigenvalue weighted by molar-refractivity contribution is 5.98. The van der Waals surface area contributed by atoms with Gasteiger partial charge in [-0.15, -0.1) is 6.58 Å². The highest BCUT2D eigenvalue weighted by atomic mass is 16.6. The van der Waals surface area contributed by atoms with Crippen molar-refractivity contribution in [3.63, 3.8) is 0 Å². The van der Waals surface area contributed by atoms with E-state index in [0.29, 0.717) is 18.4 Å². The molecular weight excluding hydrogens is 464 g/mol. The lowest BCUT2D eigenvalue weighted by molar-refractivity contribution is -0.152. The normalized spacial score (nSPS) is 20.1. The van der Waals surface area contributed by atoms with Crippen LogP contribution in [-0.2, 0) is 30.3 Å². The molecule has 0 bridgehead atoms. The first-order valence-electron chi connectivity index (χ1n) is 11.8. The Bertz CT molecular complexity index is 1120. The van der Waals surface area contributed by atoms with E-state index >= 15 is 0 Å². The van der Waals surface area contributed by atoms with Crippen LogP contribution in [0.25, 0.3) is 0 Å². The molecule has 2 aromatic rings. The largest absolute Gasteiger partial charge is 0.463 e. The molecule has 3 rings (SSSR count). The molecule has 190 valence electrons. The number of pyridine rings is 1. The SMILES string of the molecule is C=CCCC(=O)Oc1c(C)ccnc1C(=O)N[C@H]1COC(=O)C(Cc2ccccc2)C[C@H](C)OC1=O. The molecule has 1 aromatic heterocycles. The van der Waals surface area contributed by atoms with Crippen molar-refractivity contribution in [3.05, 3.63) is 72.1 Å². The highest BCUT2D eigenvalue weighted by Crippen LogP contribution is 2.23. The first-order chi connectivity index (χ1) is 17.3. The predicted molar refractivity (Wildman–Crippen MR) is 130 cm³/mol. The summed E-state index contributed by atoms with van der Waals surface area (Å²) in [5.74, 6) is -3.04. The van der Waals surface area contributed by atoms with Crippen LogP contribution in [0.2, 0.25) is 0 Å². The summed E-state index contributed by atoms with van der Waals surface area (Å²) in [5, 5.41) is 2.51. The van der Waals surface area contributed by atoms with E-state index in [9.17, 15) is 19.2 Å². The van der Waals surface area contributed by atoms with Crippen molar-refractivity contribution in [3.8, 4) is 5.75 Å². The summed E-state index contributed by atoms with van der Waals surface area (Å²) >= 11 is 0. The van der Waals surface area contributed by atoms with Crippen molar-refractivity contribution in [1.29, 1.82) is 0 Å². The fourth-order valence-electron chi connectivity index (χ4n) is 3.79. The minimum absolute atomic E-state index is 0.00576. The van der Waals surface area contributed by atoms with Crippen LogP contribution in [0.1, 0.15) is 47.8 Å². The number of nitrogens with zero attached hydrogens (tertiary/aromatic N) is 1. The number of cyclic esters (lactones) is 2. The van der Waals surface area contributed by atoms with Gasteiger partial charge in [0.05, 0.1) is 12.0 Å². The van der Waals surface area contributed by atoms with E-state index in [-0.39, 0.29) is 24.3 Å². The number of allylic oxidation sites excluding steroid dienone is 1. The Hall–Kier alpha value is -4.01. The van der Waals surface area contributed by atoms with Gasteiger partial charge in [-0.25, -0.2) is 9.78 Å². The van der Waals surface area contributed by atoms with Crippen LogP contribution >= 0.6 is 0 Å². The van der Waals surface area contributed by atoms with Crippen LogP contribution in [-0.4, -0.2) is 47.6 Å². The van der Waals surface area contributed by atoms with Crippen molar-refractivity contribution in [1.82, 2.24) is 10.3 Å². The number of amides is 1. The third kappa shape index (κ3) is 7.24. The molecule has 2 heterocycles. The van der Waals surface area contributed by atoms with Crippen molar-refractivity contribution in [2.75, 3.05) is 6.61 Å². The average molecular weight is 495 g/mol.